The molecule has 1 rings (SSSR count). The van der Waals surface area contributed by atoms with E-state index in [1.54, 1.807) is 0 Å². The molecule has 0 amide bonds. The maximum Gasteiger partial charge on any atom is 0.224 e. The van der Waals surface area contributed by atoms with Gasteiger partial charge >= 0.3 is 0 Å². The fourth-order valence-electron chi connectivity index (χ4n) is 0.894. The molecule has 1 saturated heterocycles. The molecule has 1 heterocycles. The summed E-state index contributed by atoms with van der Waals surface area (Å²) in [5, 5.41) is 2.97. The lowest BCUT2D eigenvalue weighted by Gasteiger charge is -2.40. The second kappa shape index (κ2) is 2.73. The summed E-state index contributed by atoms with van der Waals surface area (Å²) < 4.78 is 11.0. The van der Waals surface area contributed by atoms with Gasteiger partial charge in [-0.3, -0.25) is 5.32 Å². The van der Waals surface area contributed by atoms with Gasteiger partial charge in [-0.1, -0.05) is 13.8 Å². The van der Waals surface area contributed by atoms with Crippen LogP contribution >= 0.6 is 0 Å². The summed E-state index contributed by atoms with van der Waals surface area (Å²) in [6, 6.07) is 0. The monoisotopic (exact) mass is 159 g/mol. The summed E-state index contributed by atoms with van der Waals surface area (Å²) in [4.78, 5) is 0. The van der Waals surface area contributed by atoms with E-state index in [2.05, 4.69) is 19.2 Å². The average molecular weight is 159 g/mol. The average Bonchev–Trinajstić information content (AvgIpc) is 1.97. The molecule has 0 aromatic carbocycles. The van der Waals surface area contributed by atoms with Crippen LogP contribution in [0.15, 0.2) is 0 Å². The first-order valence-corrected chi connectivity index (χ1v) is 3.94. The predicted octanol–water partition coefficient (Wildman–Crippen LogP) is 0.952. The Kier molecular flexibility index (Phi) is 2.23. The minimum atomic E-state index is -0.574. The van der Waals surface area contributed by atoms with Crippen molar-refractivity contribution in [3.8, 4) is 0 Å². The topological polar surface area (TPSA) is 30.5 Å². The van der Waals surface area contributed by atoms with E-state index >= 15 is 0 Å². The Morgan fingerprint density at radius 3 is 1.91 bits per heavy atom. The maximum absolute atomic E-state index is 5.50. The highest BCUT2D eigenvalue weighted by Gasteiger charge is 2.35. The van der Waals surface area contributed by atoms with Crippen molar-refractivity contribution in [3.63, 3.8) is 0 Å². The van der Waals surface area contributed by atoms with Crippen molar-refractivity contribution >= 4 is 0 Å². The van der Waals surface area contributed by atoms with Crippen molar-refractivity contribution in [2.24, 2.45) is 5.41 Å². The Balaban J connectivity index is 2.48. The van der Waals surface area contributed by atoms with Crippen LogP contribution < -0.4 is 5.32 Å². The molecule has 1 aliphatic heterocycles. The van der Waals surface area contributed by atoms with E-state index in [1.807, 2.05) is 14.0 Å². The summed E-state index contributed by atoms with van der Waals surface area (Å²) in [6.07, 6.45) is 0. The largest absolute Gasteiger partial charge is 0.337 e. The molecule has 0 aliphatic carbocycles. The third kappa shape index (κ3) is 2.15. The fourth-order valence-corrected chi connectivity index (χ4v) is 0.894. The maximum atomic E-state index is 5.50. The Morgan fingerprint density at radius 2 is 1.55 bits per heavy atom. The highest BCUT2D eigenvalue weighted by Crippen LogP contribution is 2.26. The molecule has 0 radical (unpaired) electrons. The zero-order chi connectivity index (χ0) is 8.54. The van der Waals surface area contributed by atoms with Gasteiger partial charge in [0.2, 0.25) is 5.91 Å². The lowest BCUT2D eigenvalue weighted by Crippen LogP contribution is -2.53. The van der Waals surface area contributed by atoms with E-state index in [0.717, 1.165) is 13.2 Å². The fraction of sp³-hybridized carbons (Fsp3) is 1.00. The first-order chi connectivity index (χ1) is 4.97. The third-order valence-electron chi connectivity index (χ3n) is 1.93. The molecule has 1 fully saturated rings. The van der Waals surface area contributed by atoms with Crippen LogP contribution in [0.2, 0.25) is 0 Å². The summed E-state index contributed by atoms with van der Waals surface area (Å²) in [6.45, 7) is 7.63. The van der Waals surface area contributed by atoms with Gasteiger partial charge in [0.05, 0.1) is 13.2 Å². The molecule has 1 N–H and O–H groups in total. The van der Waals surface area contributed by atoms with Gasteiger partial charge in [0, 0.05) is 12.3 Å². The Hall–Kier alpha value is -0.120. The lowest BCUT2D eigenvalue weighted by molar-refractivity contribution is -0.302. The zero-order valence-electron chi connectivity index (χ0n) is 7.73. The van der Waals surface area contributed by atoms with Gasteiger partial charge in [-0.15, -0.1) is 0 Å². The number of ether oxygens (including phenoxy) is 2. The molecule has 3 heteroatoms. The van der Waals surface area contributed by atoms with Crippen molar-refractivity contribution in [1.29, 1.82) is 0 Å². The minimum absolute atomic E-state index is 0.149. The van der Waals surface area contributed by atoms with Gasteiger partial charge in [0.15, 0.2) is 0 Å². The van der Waals surface area contributed by atoms with Crippen molar-refractivity contribution in [2.45, 2.75) is 26.7 Å². The van der Waals surface area contributed by atoms with E-state index in [0.29, 0.717) is 0 Å². The molecule has 66 valence electrons. The van der Waals surface area contributed by atoms with Gasteiger partial charge < -0.3 is 9.47 Å². The summed E-state index contributed by atoms with van der Waals surface area (Å²) in [7, 11) is 1.83. The lowest BCUT2D eigenvalue weighted by atomic mass is 9.95. The molecular formula is C8H17NO2. The van der Waals surface area contributed by atoms with Gasteiger partial charge in [-0.25, -0.2) is 0 Å². The van der Waals surface area contributed by atoms with Crippen LogP contribution in [0.25, 0.3) is 0 Å². The Morgan fingerprint density at radius 1 is 1.09 bits per heavy atom. The first kappa shape index (κ1) is 8.97. The number of nitrogens with one attached hydrogen (secondary N) is 1. The molecule has 0 bridgehead atoms. The van der Waals surface area contributed by atoms with Crippen molar-refractivity contribution in [2.75, 3.05) is 20.3 Å². The SMILES string of the molecule is CNC1(C)OCC(C)(C)CO1. The second-order valence-electron chi connectivity index (χ2n) is 3.94. The third-order valence-corrected chi connectivity index (χ3v) is 1.93. The normalized spacial score (nSPS) is 28.4. The molecule has 0 aromatic heterocycles. The quantitative estimate of drug-likeness (QED) is 0.618. The number of hydrogen-bond acceptors (Lipinski definition) is 3. The number of rotatable bonds is 1. The smallest absolute Gasteiger partial charge is 0.224 e. The van der Waals surface area contributed by atoms with E-state index < -0.39 is 5.91 Å². The molecule has 1 aliphatic rings. The van der Waals surface area contributed by atoms with Gasteiger partial charge in [-0.05, 0) is 7.05 Å². The van der Waals surface area contributed by atoms with Gasteiger partial charge in [-0.2, -0.15) is 0 Å². The molecule has 3 nitrogen and oxygen atoms in total. The van der Waals surface area contributed by atoms with Crippen LogP contribution in [0.5, 0.6) is 0 Å². The molecule has 0 spiro atoms. The summed E-state index contributed by atoms with van der Waals surface area (Å²) >= 11 is 0. The minimum Gasteiger partial charge on any atom is -0.337 e. The van der Waals surface area contributed by atoms with Crippen LogP contribution in [0.4, 0.5) is 0 Å². The molecule has 0 saturated carbocycles. The number of hydrogen-bond donors (Lipinski definition) is 1. The van der Waals surface area contributed by atoms with Crippen LogP contribution in [-0.4, -0.2) is 26.2 Å². The van der Waals surface area contributed by atoms with Gasteiger partial charge in [0.25, 0.3) is 0 Å². The molecule has 11 heavy (non-hydrogen) atoms. The second-order valence-corrected chi connectivity index (χ2v) is 3.94. The molecule has 0 unspecified atom stereocenters. The van der Waals surface area contributed by atoms with E-state index in [4.69, 9.17) is 9.47 Å². The standard InChI is InChI=1S/C8H17NO2/c1-7(2)5-10-8(3,9-4)11-6-7/h9H,5-6H2,1-4H3. The highest BCUT2D eigenvalue weighted by atomic mass is 16.7. The van der Waals surface area contributed by atoms with Crippen molar-refractivity contribution < 1.29 is 9.47 Å². The Labute approximate surface area is 68.1 Å². The molecular weight excluding hydrogens is 142 g/mol. The Bertz CT molecular complexity index is 135. The van der Waals surface area contributed by atoms with Crippen molar-refractivity contribution in [3.05, 3.63) is 0 Å². The van der Waals surface area contributed by atoms with Crippen LogP contribution in [0, 0.1) is 5.41 Å². The molecule has 0 atom stereocenters. The summed E-state index contributed by atoms with van der Waals surface area (Å²) in [5.74, 6) is -0.574. The predicted molar refractivity (Wildman–Crippen MR) is 43.1 cm³/mol. The van der Waals surface area contributed by atoms with E-state index in [1.165, 1.54) is 0 Å². The van der Waals surface area contributed by atoms with E-state index in [9.17, 15) is 0 Å². The van der Waals surface area contributed by atoms with Crippen LogP contribution in [-0.2, 0) is 9.47 Å². The van der Waals surface area contributed by atoms with Crippen LogP contribution in [0.3, 0.4) is 0 Å². The van der Waals surface area contributed by atoms with E-state index in [-0.39, 0.29) is 5.41 Å². The van der Waals surface area contributed by atoms with Crippen molar-refractivity contribution in [1.82, 2.24) is 5.32 Å². The summed E-state index contributed by atoms with van der Waals surface area (Å²) in [5.41, 5.74) is 0.149. The molecule has 0 aromatic rings. The highest BCUT2D eigenvalue weighted by molar-refractivity contribution is 4.74. The zero-order valence-corrected chi connectivity index (χ0v) is 7.73. The van der Waals surface area contributed by atoms with Gasteiger partial charge in [0.1, 0.15) is 0 Å². The first-order valence-electron chi connectivity index (χ1n) is 3.94. The van der Waals surface area contributed by atoms with Crippen LogP contribution in [0.1, 0.15) is 20.8 Å².